The van der Waals surface area contributed by atoms with E-state index in [0.717, 1.165) is 5.75 Å². The third-order valence-electron chi connectivity index (χ3n) is 3.42. The molecule has 0 bridgehead atoms. The van der Waals surface area contributed by atoms with Crippen LogP contribution in [0.25, 0.3) is 0 Å². The molecule has 3 aromatic carbocycles. The number of carbonyl (C=O) groups excluding carboxylic acids is 1. The number of benzene rings is 3. The van der Waals surface area contributed by atoms with E-state index in [2.05, 4.69) is 10.6 Å². The van der Waals surface area contributed by atoms with Crippen molar-refractivity contribution in [3.8, 4) is 11.5 Å². The molecule has 3 aromatic rings. The van der Waals surface area contributed by atoms with Gasteiger partial charge in [0.25, 0.3) is 5.91 Å². The second-order valence-electron chi connectivity index (χ2n) is 5.35. The van der Waals surface area contributed by atoms with E-state index in [1.807, 2.05) is 30.3 Å². The Hall–Kier alpha value is -3.25. The number of hydrogen-bond donors (Lipinski definition) is 2. The van der Waals surface area contributed by atoms with Crippen molar-refractivity contribution < 1.29 is 13.9 Å². The molecule has 0 atom stereocenters. The highest BCUT2D eigenvalue weighted by Gasteiger charge is 2.08. The van der Waals surface area contributed by atoms with Gasteiger partial charge in [0, 0.05) is 11.3 Å². The molecule has 1 amide bonds. The molecule has 26 heavy (non-hydrogen) atoms. The van der Waals surface area contributed by atoms with Gasteiger partial charge in [0.05, 0.1) is 0 Å². The van der Waals surface area contributed by atoms with Crippen LogP contribution in [0.2, 0.25) is 0 Å². The first-order chi connectivity index (χ1) is 12.6. The molecule has 3 rings (SSSR count). The lowest BCUT2D eigenvalue weighted by Gasteiger charge is -2.11. The molecule has 4 nitrogen and oxygen atoms in total. The minimum absolute atomic E-state index is 0.149. The zero-order valence-electron chi connectivity index (χ0n) is 13.6. The fraction of sp³-hybridized carbons (Fsp3) is 0. The van der Waals surface area contributed by atoms with Gasteiger partial charge in [-0.3, -0.25) is 10.1 Å². The van der Waals surface area contributed by atoms with Gasteiger partial charge in [-0.05, 0) is 72.9 Å². The van der Waals surface area contributed by atoms with Crippen LogP contribution in [-0.4, -0.2) is 11.0 Å². The quantitative estimate of drug-likeness (QED) is 0.655. The molecule has 0 saturated carbocycles. The first kappa shape index (κ1) is 17.6. The number of hydrogen-bond acceptors (Lipinski definition) is 3. The van der Waals surface area contributed by atoms with E-state index in [4.69, 9.17) is 17.0 Å². The number of thiocarbonyl (C=S) groups is 1. The number of halogens is 1. The largest absolute Gasteiger partial charge is 0.457 e. The summed E-state index contributed by atoms with van der Waals surface area (Å²) in [6.07, 6.45) is 0. The van der Waals surface area contributed by atoms with Crippen molar-refractivity contribution in [3.63, 3.8) is 0 Å². The summed E-state index contributed by atoms with van der Waals surface area (Å²) in [5.74, 6) is 0.616. The number of rotatable bonds is 4. The molecule has 0 aliphatic carbocycles. The summed E-state index contributed by atoms with van der Waals surface area (Å²) in [7, 11) is 0. The lowest BCUT2D eigenvalue weighted by molar-refractivity contribution is 0.0977. The van der Waals surface area contributed by atoms with Crippen molar-refractivity contribution >= 4 is 28.9 Å². The van der Waals surface area contributed by atoms with Crippen molar-refractivity contribution in [2.75, 3.05) is 5.32 Å². The first-order valence-electron chi connectivity index (χ1n) is 7.81. The first-order valence-corrected chi connectivity index (χ1v) is 8.22. The molecule has 0 fully saturated rings. The Bertz CT molecular complexity index is 897. The molecule has 0 aliphatic heterocycles. The SMILES string of the molecule is O=C(NC(=S)Nc1ccc(Oc2ccccc2)cc1)c1ccc(F)cc1. The second-order valence-corrected chi connectivity index (χ2v) is 5.76. The number of ether oxygens (including phenoxy) is 1. The van der Waals surface area contributed by atoms with Crippen LogP contribution in [0, 0.1) is 5.82 Å². The Morgan fingerprint density at radius 3 is 2.12 bits per heavy atom. The maximum atomic E-state index is 12.9. The molecular weight excluding hydrogens is 351 g/mol. The van der Waals surface area contributed by atoms with Gasteiger partial charge in [0.1, 0.15) is 17.3 Å². The average Bonchev–Trinajstić information content (AvgIpc) is 2.64. The summed E-state index contributed by atoms with van der Waals surface area (Å²) >= 11 is 5.13. The Balaban J connectivity index is 1.55. The summed E-state index contributed by atoms with van der Waals surface area (Å²) < 4.78 is 18.6. The zero-order chi connectivity index (χ0) is 18.4. The maximum Gasteiger partial charge on any atom is 0.257 e. The molecule has 0 radical (unpaired) electrons. The van der Waals surface area contributed by atoms with E-state index in [0.29, 0.717) is 17.0 Å². The van der Waals surface area contributed by atoms with Gasteiger partial charge in [-0.25, -0.2) is 4.39 Å². The maximum absolute atomic E-state index is 12.9. The van der Waals surface area contributed by atoms with Gasteiger partial charge in [-0.15, -0.1) is 0 Å². The van der Waals surface area contributed by atoms with E-state index < -0.39 is 11.7 Å². The predicted octanol–water partition coefficient (Wildman–Crippen LogP) is 4.74. The summed E-state index contributed by atoms with van der Waals surface area (Å²) in [5, 5.41) is 5.61. The Morgan fingerprint density at radius 1 is 0.846 bits per heavy atom. The van der Waals surface area contributed by atoms with Crippen LogP contribution < -0.4 is 15.4 Å². The van der Waals surface area contributed by atoms with Crippen molar-refractivity contribution in [1.82, 2.24) is 5.32 Å². The fourth-order valence-electron chi connectivity index (χ4n) is 2.17. The Kier molecular flexibility index (Phi) is 5.56. The van der Waals surface area contributed by atoms with Crippen LogP contribution in [0.15, 0.2) is 78.9 Å². The summed E-state index contributed by atoms with van der Waals surface area (Å²) in [6, 6.07) is 21.8. The van der Waals surface area contributed by atoms with E-state index in [-0.39, 0.29) is 5.11 Å². The Labute approximate surface area is 155 Å². The van der Waals surface area contributed by atoms with Gasteiger partial charge < -0.3 is 10.1 Å². The summed E-state index contributed by atoms with van der Waals surface area (Å²) in [4.78, 5) is 12.0. The molecule has 0 aliphatic rings. The van der Waals surface area contributed by atoms with Crippen molar-refractivity contribution in [1.29, 1.82) is 0 Å². The smallest absolute Gasteiger partial charge is 0.257 e. The molecule has 2 N–H and O–H groups in total. The predicted molar refractivity (Wildman–Crippen MR) is 103 cm³/mol. The standard InChI is InChI=1S/C20H15FN2O2S/c21-15-8-6-14(7-9-15)19(24)23-20(26)22-16-10-12-18(13-11-16)25-17-4-2-1-3-5-17/h1-13H,(H2,22,23,24,26). The normalized spacial score (nSPS) is 10.0. The van der Waals surface area contributed by atoms with Crippen LogP contribution in [-0.2, 0) is 0 Å². The van der Waals surface area contributed by atoms with E-state index >= 15 is 0 Å². The van der Waals surface area contributed by atoms with Crippen LogP contribution in [0.1, 0.15) is 10.4 Å². The molecule has 0 aromatic heterocycles. The molecule has 6 heteroatoms. The summed E-state index contributed by atoms with van der Waals surface area (Å²) in [5.41, 5.74) is 1.02. The average molecular weight is 366 g/mol. The highest BCUT2D eigenvalue weighted by Crippen LogP contribution is 2.22. The number of para-hydroxylation sites is 1. The van der Waals surface area contributed by atoms with Crippen molar-refractivity contribution in [3.05, 3.63) is 90.2 Å². The minimum atomic E-state index is -0.411. The van der Waals surface area contributed by atoms with Gasteiger partial charge in [-0.1, -0.05) is 18.2 Å². The van der Waals surface area contributed by atoms with Crippen LogP contribution in [0.3, 0.4) is 0 Å². The minimum Gasteiger partial charge on any atom is -0.457 e. The van der Waals surface area contributed by atoms with Gasteiger partial charge >= 0.3 is 0 Å². The molecule has 0 spiro atoms. The molecule has 0 saturated heterocycles. The monoisotopic (exact) mass is 366 g/mol. The zero-order valence-corrected chi connectivity index (χ0v) is 14.4. The van der Waals surface area contributed by atoms with Gasteiger partial charge in [0.2, 0.25) is 0 Å². The third kappa shape index (κ3) is 4.87. The highest BCUT2D eigenvalue weighted by atomic mass is 32.1. The van der Waals surface area contributed by atoms with Gasteiger partial charge in [-0.2, -0.15) is 0 Å². The summed E-state index contributed by atoms with van der Waals surface area (Å²) in [6.45, 7) is 0. The van der Waals surface area contributed by atoms with Crippen LogP contribution in [0.5, 0.6) is 11.5 Å². The molecule has 130 valence electrons. The van der Waals surface area contributed by atoms with E-state index in [1.54, 1.807) is 24.3 Å². The number of amides is 1. The fourth-order valence-corrected chi connectivity index (χ4v) is 2.38. The number of carbonyl (C=O) groups is 1. The topological polar surface area (TPSA) is 50.4 Å². The number of nitrogens with one attached hydrogen (secondary N) is 2. The molecule has 0 unspecified atom stereocenters. The van der Waals surface area contributed by atoms with Gasteiger partial charge in [0.15, 0.2) is 5.11 Å². The third-order valence-corrected chi connectivity index (χ3v) is 3.63. The van der Waals surface area contributed by atoms with E-state index in [9.17, 15) is 9.18 Å². The molecule has 0 heterocycles. The van der Waals surface area contributed by atoms with Crippen LogP contribution in [0.4, 0.5) is 10.1 Å². The Morgan fingerprint density at radius 2 is 1.46 bits per heavy atom. The van der Waals surface area contributed by atoms with Crippen LogP contribution >= 0.6 is 12.2 Å². The highest BCUT2D eigenvalue weighted by molar-refractivity contribution is 7.80. The lowest BCUT2D eigenvalue weighted by Crippen LogP contribution is -2.34. The van der Waals surface area contributed by atoms with Crippen molar-refractivity contribution in [2.24, 2.45) is 0 Å². The second kappa shape index (κ2) is 8.22. The lowest BCUT2D eigenvalue weighted by atomic mass is 10.2. The number of anilines is 1. The molecular formula is C20H15FN2O2S. The van der Waals surface area contributed by atoms with E-state index in [1.165, 1.54) is 24.3 Å². The van der Waals surface area contributed by atoms with Crippen molar-refractivity contribution in [2.45, 2.75) is 0 Å².